The summed E-state index contributed by atoms with van der Waals surface area (Å²) >= 11 is 0. The normalized spacial score (nSPS) is 18.4. The summed E-state index contributed by atoms with van der Waals surface area (Å²) in [6.07, 6.45) is 2.15. The van der Waals surface area contributed by atoms with E-state index in [1.807, 2.05) is 18.4 Å². The van der Waals surface area contributed by atoms with Gasteiger partial charge in [0.05, 0.1) is 18.7 Å². The number of carbonyl (C=O) groups excluding carboxylic acids is 1. The quantitative estimate of drug-likeness (QED) is 0.668. The Morgan fingerprint density at radius 2 is 2.00 bits per heavy atom. The second-order valence-electron chi connectivity index (χ2n) is 7.64. The van der Waals surface area contributed by atoms with Crippen molar-refractivity contribution in [3.05, 3.63) is 32.2 Å². The monoisotopic (exact) mass is 387 g/mol. The Bertz CT molecular complexity index is 1220. The lowest BCUT2D eigenvalue weighted by atomic mass is 10.2. The molecule has 0 radical (unpaired) electrons. The molecule has 2 atom stereocenters. The van der Waals surface area contributed by atoms with Gasteiger partial charge in [-0.15, -0.1) is 0 Å². The summed E-state index contributed by atoms with van der Waals surface area (Å²) in [6.45, 7) is 8.27. The highest BCUT2D eigenvalue weighted by Gasteiger charge is 2.26. The zero-order valence-electron chi connectivity index (χ0n) is 16.9. The first-order chi connectivity index (χ1) is 13.2. The Labute approximate surface area is 161 Å². The molecule has 1 fully saturated rings. The lowest BCUT2D eigenvalue weighted by molar-refractivity contribution is -0.119. The van der Waals surface area contributed by atoms with Crippen LogP contribution in [0.15, 0.2) is 9.59 Å². The maximum absolute atomic E-state index is 13.2. The van der Waals surface area contributed by atoms with Crippen LogP contribution in [-0.2, 0) is 23.1 Å². The van der Waals surface area contributed by atoms with Gasteiger partial charge in [-0.1, -0.05) is 0 Å². The molecule has 28 heavy (non-hydrogen) atoms. The molecule has 1 saturated heterocycles. The molecular formula is C19H25N5O4. The summed E-state index contributed by atoms with van der Waals surface area (Å²) < 4.78 is 12.0. The van der Waals surface area contributed by atoms with Crippen LogP contribution < -0.4 is 11.2 Å². The van der Waals surface area contributed by atoms with E-state index in [1.54, 1.807) is 18.4 Å². The maximum Gasteiger partial charge on any atom is 0.333 e. The van der Waals surface area contributed by atoms with E-state index in [0.29, 0.717) is 23.5 Å². The summed E-state index contributed by atoms with van der Waals surface area (Å²) in [5.74, 6) is 0.365. The zero-order valence-corrected chi connectivity index (χ0v) is 16.9. The van der Waals surface area contributed by atoms with Gasteiger partial charge in [0, 0.05) is 25.0 Å². The average molecular weight is 387 g/mol. The fourth-order valence-corrected chi connectivity index (χ4v) is 4.02. The number of hydrogen-bond acceptors (Lipinski definition) is 5. The van der Waals surface area contributed by atoms with E-state index in [0.717, 1.165) is 35.4 Å². The van der Waals surface area contributed by atoms with Crippen molar-refractivity contribution < 1.29 is 9.53 Å². The Morgan fingerprint density at radius 3 is 2.61 bits per heavy atom. The fraction of sp³-hybridized carbons (Fsp3) is 0.579. The predicted molar refractivity (Wildman–Crippen MR) is 104 cm³/mol. The van der Waals surface area contributed by atoms with Crippen LogP contribution in [0.1, 0.15) is 44.1 Å². The summed E-state index contributed by atoms with van der Waals surface area (Å²) in [5.41, 5.74) is 1.48. The zero-order chi connectivity index (χ0) is 20.3. The highest BCUT2D eigenvalue weighted by molar-refractivity contribution is 5.81. The van der Waals surface area contributed by atoms with Gasteiger partial charge in [-0.25, -0.2) is 9.36 Å². The van der Waals surface area contributed by atoms with E-state index in [2.05, 4.69) is 4.98 Å². The van der Waals surface area contributed by atoms with Crippen molar-refractivity contribution in [2.75, 3.05) is 6.61 Å². The molecule has 0 bridgehead atoms. The second kappa shape index (κ2) is 6.44. The molecule has 0 saturated carbocycles. The van der Waals surface area contributed by atoms with Crippen molar-refractivity contribution in [3.63, 3.8) is 0 Å². The molecule has 9 heteroatoms. The minimum Gasteiger partial charge on any atom is -0.376 e. The third-order valence-electron chi connectivity index (χ3n) is 5.96. The van der Waals surface area contributed by atoms with E-state index < -0.39 is 17.3 Å². The van der Waals surface area contributed by atoms with Crippen molar-refractivity contribution >= 4 is 22.7 Å². The van der Waals surface area contributed by atoms with Gasteiger partial charge in [0.25, 0.3) is 5.56 Å². The Morgan fingerprint density at radius 1 is 1.29 bits per heavy atom. The third kappa shape index (κ3) is 2.49. The van der Waals surface area contributed by atoms with Crippen molar-refractivity contribution in [2.45, 2.75) is 59.2 Å². The van der Waals surface area contributed by atoms with Gasteiger partial charge in [-0.2, -0.15) is 4.98 Å². The molecule has 1 aliphatic rings. The van der Waals surface area contributed by atoms with Crippen LogP contribution in [0.25, 0.3) is 16.9 Å². The third-order valence-corrected chi connectivity index (χ3v) is 5.96. The minimum absolute atomic E-state index is 0.118. The molecule has 1 aliphatic heterocycles. The lowest BCUT2D eigenvalue weighted by Crippen LogP contribution is -2.42. The summed E-state index contributed by atoms with van der Waals surface area (Å²) in [6, 6.07) is -0.837. The van der Waals surface area contributed by atoms with Crippen LogP contribution in [0.5, 0.6) is 0 Å². The SMILES string of the molecule is CC(=O)[C@H](C)n1c(=O)c2c(nc3n(C[C@@H]4CCCO4)c(C)c(C)n23)n(C)c1=O. The molecule has 3 aromatic heterocycles. The van der Waals surface area contributed by atoms with Crippen molar-refractivity contribution in [2.24, 2.45) is 7.05 Å². The van der Waals surface area contributed by atoms with Gasteiger partial charge in [-0.3, -0.25) is 18.6 Å². The van der Waals surface area contributed by atoms with Crippen LogP contribution in [0, 0.1) is 13.8 Å². The van der Waals surface area contributed by atoms with Crippen molar-refractivity contribution in [3.8, 4) is 0 Å². The molecule has 0 N–H and O–H groups in total. The number of aryl methyl sites for hydroxylation is 2. The van der Waals surface area contributed by atoms with E-state index >= 15 is 0 Å². The Balaban J connectivity index is 2.06. The van der Waals surface area contributed by atoms with Crippen LogP contribution in [0.2, 0.25) is 0 Å². The second-order valence-corrected chi connectivity index (χ2v) is 7.64. The largest absolute Gasteiger partial charge is 0.376 e. The number of ketones is 1. The van der Waals surface area contributed by atoms with Gasteiger partial charge < -0.3 is 9.30 Å². The molecule has 0 amide bonds. The molecule has 150 valence electrons. The van der Waals surface area contributed by atoms with Crippen LogP contribution in [0.4, 0.5) is 0 Å². The van der Waals surface area contributed by atoms with Crippen LogP contribution >= 0.6 is 0 Å². The maximum atomic E-state index is 13.2. The summed E-state index contributed by atoms with van der Waals surface area (Å²) in [4.78, 5) is 42.5. The highest BCUT2D eigenvalue weighted by Crippen LogP contribution is 2.23. The summed E-state index contributed by atoms with van der Waals surface area (Å²) in [7, 11) is 1.58. The van der Waals surface area contributed by atoms with Gasteiger partial charge in [-0.05, 0) is 40.5 Å². The van der Waals surface area contributed by atoms with Gasteiger partial charge in [0.1, 0.15) is 0 Å². The van der Waals surface area contributed by atoms with Crippen molar-refractivity contribution in [1.29, 1.82) is 0 Å². The van der Waals surface area contributed by atoms with Gasteiger partial charge in [0.15, 0.2) is 16.9 Å². The fourth-order valence-electron chi connectivity index (χ4n) is 4.02. The smallest absolute Gasteiger partial charge is 0.333 e. The molecule has 9 nitrogen and oxygen atoms in total. The number of rotatable bonds is 4. The topological polar surface area (TPSA) is 92.5 Å². The first-order valence-electron chi connectivity index (χ1n) is 9.55. The molecule has 4 heterocycles. The minimum atomic E-state index is -0.837. The number of hydrogen-bond donors (Lipinski definition) is 0. The number of aromatic nitrogens is 5. The predicted octanol–water partition coefficient (Wildman–Crippen LogP) is 1.10. The van der Waals surface area contributed by atoms with E-state index in [9.17, 15) is 14.4 Å². The number of carbonyl (C=O) groups is 1. The van der Waals surface area contributed by atoms with E-state index in [4.69, 9.17) is 4.74 Å². The molecular weight excluding hydrogens is 362 g/mol. The first kappa shape index (κ1) is 18.7. The molecule has 0 aromatic carbocycles. The van der Waals surface area contributed by atoms with E-state index in [-0.39, 0.29) is 11.9 Å². The number of fused-ring (bicyclic) bond motifs is 3. The number of imidazole rings is 2. The highest BCUT2D eigenvalue weighted by atomic mass is 16.5. The summed E-state index contributed by atoms with van der Waals surface area (Å²) in [5, 5.41) is 0. The first-order valence-corrected chi connectivity index (χ1v) is 9.55. The van der Waals surface area contributed by atoms with E-state index in [1.165, 1.54) is 11.5 Å². The average Bonchev–Trinajstić information content (AvgIpc) is 3.34. The van der Waals surface area contributed by atoms with Crippen molar-refractivity contribution in [1.82, 2.24) is 23.1 Å². The van der Waals surface area contributed by atoms with Gasteiger partial charge >= 0.3 is 5.69 Å². The molecule has 4 rings (SSSR count). The molecule has 0 aliphatic carbocycles. The number of ether oxygens (including phenoxy) is 1. The molecule has 0 unspecified atom stereocenters. The Kier molecular flexibility index (Phi) is 4.29. The number of Topliss-reactive ketones (excluding diaryl/α,β-unsaturated/α-hetero) is 1. The van der Waals surface area contributed by atoms with Crippen LogP contribution in [0.3, 0.4) is 0 Å². The standard InChI is InChI=1S/C19H25N5O4/c1-10-11(2)23-15-16(20-18(23)22(10)9-14-7-6-8-28-14)21(5)19(27)24(17(15)26)12(3)13(4)25/h12,14H,6-9H2,1-5H3/t12-,14-/m0/s1. The molecule has 0 spiro atoms. The molecule has 3 aromatic rings. The lowest BCUT2D eigenvalue weighted by Gasteiger charge is -2.13. The Hall–Kier alpha value is -2.68. The van der Waals surface area contributed by atoms with Crippen LogP contribution in [-0.4, -0.2) is 41.6 Å². The van der Waals surface area contributed by atoms with Gasteiger partial charge in [0.2, 0.25) is 5.78 Å². The number of nitrogens with zero attached hydrogens (tertiary/aromatic N) is 5.